The van der Waals surface area contributed by atoms with Crippen molar-refractivity contribution in [2.45, 2.75) is 46.6 Å². The molecule has 0 bridgehead atoms. The van der Waals surface area contributed by atoms with Crippen molar-refractivity contribution in [1.29, 1.82) is 0 Å². The lowest BCUT2D eigenvalue weighted by atomic mass is 9.96. The van der Waals surface area contributed by atoms with Crippen LogP contribution in [-0.4, -0.2) is 14.8 Å². The van der Waals surface area contributed by atoms with Gasteiger partial charge in [0.25, 0.3) is 0 Å². The second kappa shape index (κ2) is 6.77. The van der Waals surface area contributed by atoms with Crippen molar-refractivity contribution in [3.05, 3.63) is 77.1 Å². The summed E-state index contributed by atoms with van der Waals surface area (Å²) in [4.78, 5) is 12.8. The molecule has 0 atom stereocenters. The summed E-state index contributed by atoms with van der Waals surface area (Å²) in [6, 6.07) is 17.3. The molecule has 0 unspecified atom stereocenters. The predicted octanol–water partition coefficient (Wildman–Crippen LogP) is 6.23. The van der Waals surface area contributed by atoms with Gasteiger partial charge in [0, 0.05) is 30.8 Å². The van der Waals surface area contributed by atoms with Crippen LogP contribution in [0.3, 0.4) is 0 Å². The molecule has 0 spiro atoms. The molecule has 0 N–H and O–H groups in total. The molecule has 0 fully saturated rings. The summed E-state index contributed by atoms with van der Waals surface area (Å²) < 4.78 is 4.59. The lowest BCUT2D eigenvalue weighted by Crippen LogP contribution is -2.00. The zero-order valence-corrected chi connectivity index (χ0v) is 17.3. The maximum atomic E-state index is 12.8. The Kier molecular flexibility index (Phi) is 4.20. The monoisotopic (exact) mass is 382 g/mol. The first kappa shape index (κ1) is 18.0. The van der Waals surface area contributed by atoms with Crippen LogP contribution in [0.25, 0.3) is 28.0 Å². The quantitative estimate of drug-likeness (QED) is 0.386. The SMILES string of the molecule is CC(=O)c1c(-c2ccc(C)cc2)c2c3n(c(-c4ccc(C)cc4)cn13)CCCC2. The molecule has 3 nitrogen and oxygen atoms in total. The molecule has 0 saturated carbocycles. The maximum Gasteiger partial charge on any atom is 0.177 e. The van der Waals surface area contributed by atoms with Crippen molar-refractivity contribution in [2.75, 3.05) is 0 Å². The first-order valence-corrected chi connectivity index (χ1v) is 10.5. The Balaban J connectivity index is 1.84. The fourth-order valence-electron chi connectivity index (χ4n) is 4.72. The zero-order valence-electron chi connectivity index (χ0n) is 17.3. The molecule has 4 aromatic rings. The second-order valence-corrected chi connectivity index (χ2v) is 8.31. The Morgan fingerprint density at radius 1 is 0.862 bits per heavy atom. The topological polar surface area (TPSA) is 26.4 Å². The van der Waals surface area contributed by atoms with Crippen molar-refractivity contribution in [1.82, 2.24) is 8.97 Å². The van der Waals surface area contributed by atoms with Crippen LogP contribution in [0.2, 0.25) is 0 Å². The number of ketones is 1. The minimum Gasteiger partial charge on any atom is -0.325 e. The van der Waals surface area contributed by atoms with Gasteiger partial charge in [0.1, 0.15) is 5.65 Å². The molecule has 1 aliphatic rings. The molecule has 2 aromatic heterocycles. The highest BCUT2D eigenvalue weighted by Gasteiger charge is 2.27. The number of imidazole rings is 1. The molecular formula is C26H26N2O. The summed E-state index contributed by atoms with van der Waals surface area (Å²) in [6.07, 6.45) is 5.48. The summed E-state index contributed by atoms with van der Waals surface area (Å²) in [6.45, 7) is 6.89. The van der Waals surface area contributed by atoms with Gasteiger partial charge < -0.3 is 4.57 Å². The van der Waals surface area contributed by atoms with E-state index >= 15 is 0 Å². The number of rotatable bonds is 3. The average Bonchev–Trinajstić information content (AvgIpc) is 3.12. The van der Waals surface area contributed by atoms with Gasteiger partial charge in [0.05, 0.1) is 11.4 Å². The fraction of sp³-hybridized carbons (Fsp3) is 0.269. The molecule has 0 saturated heterocycles. The number of aromatic nitrogens is 2. The van der Waals surface area contributed by atoms with Gasteiger partial charge in [-0.05, 0) is 44.2 Å². The van der Waals surface area contributed by atoms with Gasteiger partial charge in [0.15, 0.2) is 5.78 Å². The second-order valence-electron chi connectivity index (χ2n) is 8.31. The van der Waals surface area contributed by atoms with Gasteiger partial charge in [-0.1, -0.05) is 59.7 Å². The molecule has 0 aliphatic carbocycles. The van der Waals surface area contributed by atoms with Crippen molar-refractivity contribution in [3.8, 4) is 22.4 Å². The maximum absolute atomic E-state index is 12.8. The molecule has 29 heavy (non-hydrogen) atoms. The van der Waals surface area contributed by atoms with Gasteiger partial charge in [-0.25, -0.2) is 0 Å². The van der Waals surface area contributed by atoms with Gasteiger partial charge in [-0.2, -0.15) is 0 Å². The van der Waals surface area contributed by atoms with Crippen LogP contribution < -0.4 is 0 Å². The Morgan fingerprint density at radius 3 is 2.10 bits per heavy atom. The standard InChI is InChI=1S/C26H26N2O/c1-17-7-11-20(12-8-17)23-16-28-25(19(3)29)24(21-13-9-18(2)10-14-21)22-6-4-5-15-27(23)26(22)28/h7-14,16H,4-6,15H2,1-3H3. The van der Waals surface area contributed by atoms with Crippen molar-refractivity contribution >= 4 is 11.4 Å². The van der Waals surface area contributed by atoms with Crippen LogP contribution in [0.5, 0.6) is 0 Å². The number of benzene rings is 2. The number of Topliss-reactive ketones (excluding diaryl/α,β-unsaturated/α-hetero) is 1. The molecule has 5 rings (SSSR count). The van der Waals surface area contributed by atoms with Gasteiger partial charge >= 0.3 is 0 Å². The third-order valence-corrected chi connectivity index (χ3v) is 6.15. The van der Waals surface area contributed by atoms with Gasteiger partial charge in [-0.3, -0.25) is 9.20 Å². The summed E-state index contributed by atoms with van der Waals surface area (Å²) in [7, 11) is 0. The number of hydrogen-bond acceptors (Lipinski definition) is 1. The summed E-state index contributed by atoms with van der Waals surface area (Å²) in [5, 5.41) is 0. The molecule has 1 aliphatic heterocycles. The van der Waals surface area contributed by atoms with Crippen LogP contribution in [0.1, 0.15) is 46.9 Å². The number of carbonyl (C=O) groups is 1. The summed E-state index contributed by atoms with van der Waals surface area (Å²) in [5.74, 6) is 0.120. The highest BCUT2D eigenvalue weighted by Crippen LogP contribution is 2.39. The van der Waals surface area contributed by atoms with Crippen LogP contribution in [0.15, 0.2) is 54.7 Å². The number of hydrogen-bond donors (Lipinski definition) is 0. The molecule has 146 valence electrons. The third kappa shape index (κ3) is 2.84. The fourth-order valence-corrected chi connectivity index (χ4v) is 4.72. The van der Waals surface area contributed by atoms with Crippen molar-refractivity contribution in [3.63, 3.8) is 0 Å². The van der Waals surface area contributed by atoms with E-state index < -0.39 is 0 Å². The van der Waals surface area contributed by atoms with Crippen LogP contribution >= 0.6 is 0 Å². The Morgan fingerprint density at radius 2 is 1.48 bits per heavy atom. The van der Waals surface area contributed by atoms with E-state index in [4.69, 9.17) is 0 Å². The van der Waals surface area contributed by atoms with Crippen LogP contribution in [0.4, 0.5) is 0 Å². The highest BCUT2D eigenvalue weighted by molar-refractivity contribution is 6.03. The predicted molar refractivity (Wildman–Crippen MR) is 119 cm³/mol. The first-order valence-electron chi connectivity index (χ1n) is 10.5. The summed E-state index contributed by atoms with van der Waals surface area (Å²) >= 11 is 0. The summed E-state index contributed by atoms with van der Waals surface area (Å²) in [5.41, 5.74) is 10.5. The minimum atomic E-state index is 0.120. The van der Waals surface area contributed by atoms with E-state index in [0.717, 1.165) is 42.6 Å². The van der Waals surface area contributed by atoms with Crippen molar-refractivity contribution in [2.24, 2.45) is 0 Å². The molecule has 3 heteroatoms. The Hall–Kier alpha value is -3.07. The molecule has 0 radical (unpaired) electrons. The largest absolute Gasteiger partial charge is 0.325 e. The molecule has 0 amide bonds. The van der Waals surface area contributed by atoms with Crippen LogP contribution in [-0.2, 0) is 13.0 Å². The number of carbonyl (C=O) groups excluding carboxylic acids is 1. The Bertz CT molecular complexity index is 1220. The number of aryl methyl sites for hydroxylation is 4. The lowest BCUT2D eigenvalue weighted by molar-refractivity contribution is 0.101. The van der Waals surface area contributed by atoms with E-state index in [1.165, 1.54) is 33.6 Å². The normalized spacial score (nSPS) is 13.6. The smallest absolute Gasteiger partial charge is 0.177 e. The van der Waals surface area contributed by atoms with E-state index in [9.17, 15) is 4.79 Å². The Labute approximate surface area is 171 Å². The zero-order chi connectivity index (χ0) is 20.1. The molecule has 3 heterocycles. The van der Waals surface area contributed by atoms with E-state index in [0.29, 0.717) is 0 Å². The number of nitrogens with zero attached hydrogens (tertiary/aromatic N) is 2. The highest BCUT2D eigenvalue weighted by atomic mass is 16.1. The molecule has 2 aromatic carbocycles. The van der Waals surface area contributed by atoms with E-state index in [-0.39, 0.29) is 5.78 Å². The third-order valence-electron chi connectivity index (χ3n) is 6.15. The minimum absolute atomic E-state index is 0.120. The van der Waals surface area contributed by atoms with Gasteiger partial charge in [-0.15, -0.1) is 0 Å². The van der Waals surface area contributed by atoms with Crippen LogP contribution in [0, 0.1) is 13.8 Å². The van der Waals surface area contributed by atoms with E-state index in [2.05, 4.69) is 77.5 Å². The van der Waals surface area contributed by atoms with E-state index in [1.807, 2.05) is 0 Å². The van der Waals surface area contributed by atoms with E-state index in [1.54, 1.807) is 6.92 Å². The first-order chi connectivity index (χ1) is 14.0. The molecular weight excluding hydrogens is 356 g/mol. The van der Waals surface area contributed by atoms with Crippen molar-refractivity contribution < 1.29 is 4.79 Å². The average molecular weight is 383 g/mol. The lowest BCUT2D eigenvalue weighted by Gasteiger charge is -2.09. The van der Waals surface area contributed by atoms with Gasteiger partial charge in [0.2, 0.25) is 0 Å².